The van der Waals surface area contributed by atoms with Gasteiger partial charge in [-0.3, -0.25) is 4.79 Å². The number of hydrogen-bond acceptors (Lipinski definition) is 5. The summed E-state index contributed by atoms with van der Waals surface area (Å²) in [6, 6.07) is 8.81. The summed E-state index contributed by atoms with van der Waals surface area (Å²) in [4.78, 5) is 15.1. The number of amides is 1. The lowest BCUT2D eigenvalue weighted by Crippen LogP contribution is -2.14. The molecule has 1 heterocycles. The third kappa shape index (κ3) is 4.26. The van der Waals surface area contributed by atoms with Gasteiger partial charge in [-0.15, -0.1) is 0 Å². The van der Waals surface area contributed by atoms with Crippen LogP contribution in [0.1, 0.15) is 10.4 Å². The molecule has 0 bridgehead atoms. The van der Waals surface area contributed by atoms with Gasteiger partial charge in [-0.2, -0.15) is 0 Å². The molecular weight excluding hydrogens is 306 g/mol. The molecular formula is C15H16ClN3O3. The fourth-order valence-electron chi connectivity index (χ4n) is 1.73. The zero-order chi connectivity index (χ0) is 15.9. The van der Waals surface area contributed by atoms with E-state index in [1.165, 1.54) is 12.3 Å². The van der Waals surface area contributed by atoms with Crippen LogP contribution < -0.4 is 20.5 Å². The van der Waals surface area contributed by atoms with Crippen LogP contribution in [-0.2, 0) is 0 Å². The van der Waals surface area contributed by atoms with Crippen molar-refractivity contribution < 1.29 is 14.3 Å². The number of hydrogen-bond donors (Lipinski definition) is 2. The highest BCUT2D eigenvalue weighted by atomic mass is 35.5. The van der Waals surface area contributed by atoms with Gasteiger partial charge in [0.15, 0.2) is 0 Å². The molecule has 0 aliphatic heterocycles. The summed E-state index contributed by atoms with van der Waals surface area (Å²) in [6.45, 7) is 0.919. The van der Waals surface area contributed by atoms with E-state index in [0.29, 0.717) is 29.7 Å². The van der Waals surface area contributed by atoms with Crippen LogP contribution in [0.3, 0.4) is 0 Å². The van der Waals surface area contributed by atoms with E-state index < -0.39 is 5.91 Å². The highest BCUT2D eigenvalue weighted by molar-refractivity contribution is 6.33. The molecule has 0 fully saturated rings. The van der Waals surface area contributed by atoms with Gasteiger partial charge < -0.3 is 20.5 Å². The van der Waals surface area contributed by atoms with Crippen LogP contribution in [0.15, 0.2) is 36.5 Å². The molecule has 1 aromatic carbocycles. The van der Waals surface area contributed by atoms with Crippen molar-refractivity contribution in [2.75, 3.05) is 25.6 Å². The number of nitrogens with two attached hydrogens (primary N) is 1. The third-order valence-electron chi connectivity index (χ3n) is 2.83. The Balaban J connectivity index is 1.85. The molecule has 6 nitrogen and oxygen atoms in total. The normalized spacial score (nSPS) is 10.1. The Kier molecular flexibility index (Phi) is 5.43. The molecule has 116 valence electrons. The summed E-state index contributed by atoms with van der Waals surface area (Å²) < 4.78 is 10.7. The van der Waals surface area contributed by atoms with Gasteiger partial charge in [-0.05, 0) is 18.2 Å². The minimum absolute atomic E-state index is 0.267. The first-order valence-electron chi connectivity index (χ1n) is 6.56. The summed E-state index contributed by atoms with van der Waals surface area (Å²) in [5.41, 5.74) is 5.42. The lowest BCUT2D eigenvalue weighted by molar-refractivity contribution is 0.1000. The summed E-state index contributed by atoms with van der Waals surface area (Å²) >= 11 is 6.02. The van der Waals surface area contributed by atoms with E-state index in [0.717, 1.165) is 5.75 Å². The maximum absolute atomic E-state index is 11.0. The van der Waals surface area contributed by atoms with Gasteiger partial charge in [0.25, 0.3) is 0 Å². The molecule has 0 radical (unpaired) electrons. The number of benzene rings is 1. The summed E-state index contributed by atoms with van der Waals surface area (Å²) in [5.74, 6) is 1.35. The molecule has 3 N–H and O–H groups in total. The van der Waals surface area contributed by atoms with Crippen LogP contribution >= 0.6 is 11.6 Å². The molecule has 0 aliphatic rings. The Morgan fingerprint density at radius 3 is 2.82 bits per heavy atom. The van der Waals surface area contributed by atoms with Crippen molar-refractivity contribution in [2.24, 2.45) is 5.73 Å². The number of anilines is 1. The van der Waals surface area contributed by atoms with Gasteiger partial charge in [0.1, 0.15) is 23.9 Å². The predicted octanol–water partition coefficient (Wildman–Crippen LogP) is 2.33. The summed E-state index contributed by atoms with van der Waals surface area (Å²) in [5, 5.41) is 3.36. The lowest BCUT2D eigenvalue weighted by Gasteiger charge is -2.10. The molecule has 22 heavy (non-hydrogen) atoms. The zero-order valence-corrected chi connectivity index (χ0v) is 12.8. The number of nitrogens with one attached hydrogen (secondary N) is 1. The highest BCUT2D eigenvalue weighted by Gasteiger charge is 2.06. The summed E-state index contributed by atoms with van der Waals surface area (Å²) in [7, 11) is 1.60. The number of methoxy groups -OCH3 is 1. The van der Waals surface area contributed by atoms with Crippen LogP contribution in [-0.4, -0.2) is 31.2 Å². The molecule has 0 atom stereocenters. The van der Waals surface area contributed by atoms with Gasteiger partial charge in [0.2, 0.25) is 5.91 Å². The molecule has 2 aromatic rings. The number of rotatable bonds is 7. The quantitative estimate of drug-likeness (QED) is 0.764. The monoisotopic (exact) mass is 321 g/mol. The predicted molar refractivity (Wildman–Crippen MR) is 84.7 cm³/mol. The van der Waals surface area contributed by atoms with Crippen LogP contribution in [0.2, 0.25) is 5.02 Å². The molecule has 0 saturated carbocycles. The number of carbonyl (C=O) groups is 1. The Morgan fingerprint density at radius 2 is 2.14 bits per heavy atom. The average molecular weight is 322 g/mol. The second-order valence-electron chi connectivity index (χ2n) is 4.37. The van der Waals surface area contributed by atoms with Gasteiger partial charge in [0.05, 0.1) is 24.2 Å². The number of primary amides is 1. The number of carbonyl (C=O) groups excluding carboxylic acids is 1. The van der Waals surface area contributed by atoms with Crippen molar-refractivity contribution in [2.45, 2.75) is 0 Å². The van der Waals surface area contributed by atoms with Gasteiger partial charge >= 0.3 is 0 Å². The van der Waals surface area contributed by atoms with Crippen molar-refractivity contribution in [3.05, 3.63) is 47.1 Å². The standard InChI is InChI=1S/C15H16ClN3O3/c1-21-11-3-2-4-12(8-11)22-6-5-18-15-13(16)7-10(9-19-15)14(17)20/h2-4,7-9H,5-6H2,1H3,(H2,17,20)(H,18,19). The maximum Gasteiger partial charge on any atom is 0.250 e. The van der Waals surface area contributed by atoms with E-state index in [-0.39, 0.29) is 5.56 Å². The topological polar surface area (TPSA) is 86.5 Å². The lowest BCUT2D eigenvalue weighted by atomic mass is 10.3. The summed E-state index contributed by atoms with van der Waals surface area (Å²) in [6.07, 6.45) is 1.37. The highest BCUT2D eigenvalue weighted by Crippen LogP contribution is 2.20. The zero-order valence-electron chi connectivity index (χ0n) is 12.0. The van der Waals surface area contributed by atoms with Crippen LogP contribution in [0, 0.1) is 0 Å². The van der Waals surface area contributed by atoms with E-state index in [9.17, 15) is 4.79 Å². The molecule has 1 amide bonds. The molecule has 0 unspecified atom stereocenters. The van der Waals surface area contributed by atoms with Crippen LogP contribution in [0.5, 0.6) is 11.5 Å². The Hall–Kier alpha value is -2.47. The first-order valence-corrected chi connectivity index (χ1v) is 6.94. The van der Waals surface area contributed by atoms with Crippen molar-refractivity contribution in [3.8, 4) is 11.5 Å². The Labute approximate surface area is 133 Å². The van der Waals surface area contributed by atoms with E-state index >= 15 is 0 Å². The number of halogens is 1. The first kappa shape index (κ1) is 15.9. The van der Waals surface area contributed by atoms with Crippen molar-refractivity contribution in [1.82, 2.24) is 4.98 Å². The first-order chi connectivity index (χ1) is 10.6. The van der Waals surface area contributed by atoms with Crippen molar-refractivity contribution in [3.63, 3.8) is 0 Å². The molecule has 0 saturated heterocycles. The fraction of sp³-hybridized carbons (Fsp3) is 0.200. The number of pyridine rings is 1. The molecule has 7 heteroatoms. The number of aromatic nitrogens is 1. The van der Waals surface area contributed by atoms with Crippen molar-refractivity contribution >= 4 is 23.3 Å². The fourth-order valence-corrected chi connectivity index (χ4v) is 1.97. The number of ether oxygens (including phenoxy) is 2. The second-order valence-corrected chi connectivity index (χ2v) is 4.78. The maximum atomic E-state index is 11.0. The Morgan fingerprint density at radius 1 is 1.36 bits per heavy atom. The third-order valence-corrected chi connectivity index (χ3v) is 3.12. The van der Waals surface area contributed by atoms with Crippen LogP contribution in [0.4, 0.5) is 5.82 Å². The molecule has 0 aliphatic carbocycles. The number of nitrogens with zero attached hydrogens (tertiary/aromatic N) is 1. The smallest absolute Gasteiger partial charge is 0.250 e. The van der Waals surface area contributed by atoms with Gasteiger partial charge in [0, 0.05) is 12.3 Å². The van der Waals surface area contributed by atoms with Crippen molar-refractivity contribution in [1.29, 1.82) is 0 Å². The largest absolute Gasteiger partial charge is 0.497 e. The molecule has 1 aromatic heterocycles. The van der Waals surface area contributed by atoms with E-state index in [2.05, 4.69) is 10.3 Å². The van der Waals surface area contributed by atoms with E-state index in [4.69, 9.17) is 26.8 Å². The van der Waals surface area contributed by atoms with Gasteiger partial charge in [-0.1, -0.05) is 17.7 Å². The van der Waals surface area contributed by atoms with Gasteiger partial charge in [-0.25, -0.2) is 4.98 Å². The van der Waals surface area contributed by atoms with E-state index in [1.807, 2.05) is 18.2 Å². The minimum Gasteiger partial charge on any atom is -0.497 e. The molecule has 0 spiro atoms. The second kappa shape index (κ2) is 7.51. The average Bonchev–Trinajstić information content (AvgIpc) is 2.52. The van der Waals surface area contributed by atoms with Crippen LogP contribution in [0.25, 0.3) is 0 Å². The van der Waals surface area contributed by atoms with E-state index in [1.54, 1.807) is 13.2 Å². The molecule has 2 rings (SSSR count). The SMILES string of the molecule is COc1cccc(OCCNc2ncc(C(N)=O)cc2Cl)c1. The minimum atomic E-state index is -0.567. The Bertz CT molecular complexity index is 664.